The van der Waals surface area contributed by atoms with Crippen LogP contribution in [0.5, 0.6) is 0 Å². The van der Waals surface area contributed by atoms with Crippen molar-refractivity contribution in [1.82, 2.24) is 0 Å². The van der Waals surface area contributed by atoms with Gasteiger partial charge in [-0.1, -0.05) is 13.8 Å². The molecule has 1 aromatic rings. The maximum atomic E-state index is 12.9. The fraction of sp³-hybridized carbons (Fsp3) is 0.538. The van der Waals surface area contributed by atoms with Crippen LogP contribution in [0.25, 0.3) is 0 Å². The molecule has 102 valence electrons. The third-order valence-electron chi connectivity index (χ3n) is 2.22. The molecule has 2 N–H and O–H groups in total. The molecule has 0 heterocycles. The summed E-state index contributed by atoms with van der Waals surface area (Å²) in [6.07, 6.45) is -0.565. The van der Waals surface area contributed by atoms with Crippen molar-refractivity contribution in [2.45, 2.75) is 20.0 Å². The Bertz CT molecular complexity index is 374. The minimum Gasteiger partial charge on any atom is -0.389 e. The van der Waals surface area contributed by atoms with Crippen molar-refractivity contribution in [3.05, 3.63) is 27.6 Å². The van der Waals surface area contributed by atoms with E-state index < -0.39 is 6.10 Å². The van der Waals surface area contributed by atoms with E-state index in [0.717, 1.165) is 9.26 Å². The summed E-state index contributed by atoms with van der Waals surface area (Å²) in [7, 11) is 0. The summed E-state index contributed by atoms with van der Waals surface area (Å²) in [5, 5.41) is 12.8. The van der Waals surface area contributed by atoms with Crippen LogP contribution >= 0.6 is 22.6 Å². The van der Waals surface area contributed by atoms with Crippen LogP contribution < -0.4 is 5.32 Å². The molecule has 0 saturated carbocycles. The van der Waals surface area contributed by atoms with Crippen LogP contribution in [0.2, 0.25) is 0 Å². The van der Waals surface area contributed by atoms with Crippen molar-refractivity contribution < 1.29 is 14.2 Å². The zero-order valence-electron chi connectivity index (χ0n) is 10.6. The molecule has 1 rings (SSSR count). The van der Waals surface area contributed by atoms with E-state index in [1.807, 2.05) is 0 Å². The molecule has 0 radical (unpaired) electrons. The Kier molecular flexibility index (Phi) is 6.88. The van der Waals surface area contributed by atoms with E-state index in [0.29, 0.717) is 25.7 Å². The first-order valence-electron chi connectivity index (χ1n) is 5.93. The molecule has 3 nitrogen and oxygen atoms in total. The Labute approximate surface area is 121 Å². The van der Waals surface area contributed by atoms with E-state index in [1.54, 1.807) is 6.07 Å². The molecular formula is C13H19FINO2. The van der Waals surface area contributed by atoms with E-state index in [1.165, 1.54) is 12.1 Å². The van der Waals surface area contributed by atoms with E-state index in [2.05, 4.69) is 41.8 Å². The Morgan fingerprint density at radius 3 is 2.72 bits per heavy atom. The molecule has 1 unspecified atom stereocenters. The predicted octanol–water partition coefficient (Wildman–Crippen LogP) is 2.88. The average Bonchev–Trinajstić information content (AvgIpc) is 2.27. The highest BCUT2D eigenvalue weighted by Crippen LogP contribution is 2.18. The smallest absolute Gasteiger partial charge is 0.124 e. The van der Waals surface area contributed by atoms with E-state index >= 15 is 0 Å². The Morgan fingerprint density at radius 1 is 1.39 bits per heavy atom. The second kappa shape index (κ2) is 7.91. The van der Waals surface area contributed by atoms with Crippen molar-refractivity contribution in [3.63, 3.8) is 0 Å². The van der Waals surface area contributed by atoms with Crippen LogP contribution in [0.3, 0.4) is 0 Å². The van der Waals surface area contributed by atoms with Crippen molar-refractivity contribution in [3.8, 4) is 0 Å². The van der Waals surface area contributed by atoms with Gasteiger partial charge in [-0.2, -0.15) is 0 Å². The number of rotatable bonds is 7. The molecule has 5 heteroatoms. The summed E-state index contributed by atoms with van der Waals surface area (Å²) < 4.78 is 19.0. The van der Waals surface area contributed by atoms with Gasteiger partial charge in [0.1, 0.15) is 5.82 Å². The van der Waals surface area contributed by atoms with Crippen molar-refractivity contribution in [1.29, 1.82) is 0 Å². The van der Waals surface area contributed by atoms with Gasteiger partial charge in [-0.15, -0.1) is 0 Å². The number of nitrogens with one attached hydrogen (secondary N) is 1. The Morgan fingerprint density at radius 2 is 2.11 bits per heavy atom. The van der Waals surface area contributed by atoms with E-state index in [-0.39, 0.29) is 5.82 Å². The highest BCUT2D eigenvalue weighted by Gasteiger charge is 2.07. The molecule has 1 atom stereocenters. The van der Waals surface area contributed by atoms with Gasteiger partial charge >= 0.3 is 0 Å². The summed E-state index contributed by atoms with van der Waals surface area (Å²) in [5.41, 5.74) is 0.819. The maximum absolute atomic E-state index is 12.9. The Balaban J connectivity index is 2.31. The van der Waals surface area contributed by atoms with Crippen LogP contribution in [0.4, 0.5) is 10.1 Å². The first kappa shape index (κ1) is 15.7. The van der Waals surface area contributed by atoms with Crippen LogP contribution in [0.15, 0.2) is 18.2 Å². The molecule has 0 aliphatic rings. The largest absolute Gasteiger partial charge is 0.389 e. The second-order valence-electron chi connectivity index (χ2n) is 4.59. The lowest BCUT2D eigenvalue weighted by Gasteiger charge is -2.15. The van der Waals surface area contributed by atoms with Gasteiger partial charge in [0.2, 0.25) is 0 Å². The lowest BCUT2D eigenvalue weighted by atomic mass is 10.2. The van der Waals surface area contributed by atoms with E-state index in [9.17, 15) is 9.50 Å². The number of halogens is 2. The standard InChI is InChI=1S/C13H19FINO2/c1-9(2)7-18-8-11(17)6-16-13-4-3-10(14)5-12(13)15/h3-5,9,11,16-17H,6-8H2,1-2H3. The third-order valence-corrected chi connectivity index (χ3v) is 3.11. The second-order valence-corrected chi connectivity index (χ2v) is 5.75. The fourth-order valence-corrected chi connectivity index (χ4v) is 2.03. The van der Waals surface area contributed by atoms with E-state index in [4.69, 9.17) is 4.74 Å². The van der Waals surface area contributed by atoms with Gasteiger partial charge in [0.15, 0.2) is 0 Å². The molecule has 0 spiro atoms. The molecule has 0 bridgehead atoms. The number of anilines is 1. The highest BCUT2D eigenvalue weighted by atomic mass is 127. The van der Waals surface area contributed by atoms with Gasteiger partial charge in [0, 0.05) is 22.4 Å². The van der Waals surface area contributed by atoms with Gasteiger partial charge in [-0.25, -0.2) is 4.39 Å². The number of hydrogen-bond acceptors (Lipinski definition) is 3. The SMILES string of the molecule is CC(C)COCC(O)CNc1ccc(F)cc1I. The molecule has 1 aromatic carbocycles. The normalized spacial score (nSPS) is 12.8. The minimum atomic E-state index is -0.565. The molecule has 0 aliphatic heterocycles. The topological polar surface area (TPSA) is 41.5 Å². The summed E-state index contributed by atoms with van der Waals surface area (Å²) in [6.45, 7) is 5.46. The van der Waals surface area contributed by atoms with Crippen LogP contribution in [-0.2, 0) is 4.74 Å². The zero-order valence-corrected chi connectivity index (χ0v) is 12.8. The van der Waals surface area contributed by atoms with Gasteiger partial charge < -0.3 is 15.2 Å². The molecule has 0 aliphatic carbocycles. The molecule has 0 amide bonds. The average molecular weight is 367 g/mol. The summed E-state index contributed by atoms with van der Waals surface area (Å²) in [4.78, 5) is 0. The highest BCUT2D eigenvalue weighted by molar-refractivity contribution is 14.1. The molecule has 0 fully saturated rings. The lowest BCUT2D eigenvalue weighted by Crippen LogP contribution is -2.26. The zero-order chi connectivity index (χ0) is 13.5. The number of ether oxygens (including phenoxy) is 1. The van der Waals surface area contributed by atoms with Crippen LogP contribution in [0.1, 0.15) is 13.8 Å². The molecule has 18 heavy (non-hydrogen) atoms. The van der Waals surface area contributed by atoms with Crippen molar-refractivity contribution in [2.75, 3.05) is 25.1 Å². The monoisotopic (exact) mass is 367 g/mol. The van der Waals surface area contributed by atoms with Gasteiger partial charge in [0.25, 0.3) is 0 Å². The van der Waals surface area contributed by atoms with Crippen LogP contribution in [0, 0.1) is 15.3 Å². The number of aliphatic hydroxyl groups is 1. The Hall–Kier alpha value is -0.400. The predicted molar refractivity (Wildman–Crippen MR) is 79.3 cm³/mol. The lowest BCUT2D eigenvalue weighted by molar-refractivity contribution is 0.0318. The molecule has 0 saturated heterocycles. The minimum absolute atomic E-state index is 0.259. The number of hydrogen-bond donors (Lipinski definition) is 2. The molecule has 0 aromatic heterocycles. The van der Waals surface area contributed by atoms with Crippen molar-refractivity contribution in [2.24, 2.45) is 5.92 Å². The first-order valence-corrected chi connectivity index (χ1v) is 7.01. The summed E-state index contributed by atoms with van der Waals surface area (Å²) >= 11 is 2.05. The fourth-order valence-electron chi connectivity index (χ4n) is 1.36. The number of benzene rings is 1. The van der Waals surface area contributed by atoms with Crippen LogP contribution in [-0.4, -0.2) is 31.0 Å². The van der Waals surface area contributed by atoms with Crippen molar-refractivity contribution >= 4 is 28.3 Å². The maximum Gasteiger partial charge on any atom is 0.124 e. The van der Waals surface area contributed by atoms with Gasteiger partial charge in [-0.3, -0.25) is 0 Å². The quantitative estimate of drug-likeness (QED) is 0.729. The third kappa shape index (κ3) is 5.97. The van der Waals surface area contributed by atoms with Gasteiger partial charge in [0.05, 0.1) is 12.7 Å². The summed E-state index contributed by atoms with van der Waals surface area (Å²) in [6, 6.07) is 4.51. The molecular weight excluding hydrogens is 348 g/mol. The number of aliphatic hydroxyl groups excluding tert-OH is 1. The van der Waals surface area contributed by atoms with Gasteiger partial charge in [-0.05, 0) is 46.7 Å². The first-order chi connectivity index (χ1) is 8.49. The summed E-state index contributed by atoms with van der Waals surface area (Å²) in [5.74, 6) is 0.203.